The number of H-pyrrole nitrogens is 2. The van der Waals surface area contributed by atoms with E-state index < -0.39 is 22.0 Å². The van der Waals surface area contributed by atoms with Crippen LogP contribution < -0.4 is 11.2 Å². The summed E-state index contributed by atoms with van der Waals surface area (Å²) in [5, 5.41) is 0. The summed E-state index contributed by atoms with van der Waals surface area (Å²) in [5.41, 5.74) is -0.647. The zero-order valence-corrected chi connectivity index (χ0v) is 7.23. The standard InChI is InChI=1S/C6H8N2O3S/c1-12(11)3-4-2-5(9)8-6(10)7-4/h2H,3H2,1H3,(H2,7,8,9,10)/t12-/m1/s1. The Labute approximate surface area is 70.3 Å². The third kappa shape index (κ3) is 2.46. The van der Waals surface area contributed by atoms with Crippen molar-refractivity contribution in [2.75, 3.05) is 6.26 Å². The van der Waals surface area contributed by atoms with Gasteiger partial charge in [-0.3, -0.25) is 14.0 Å². The van der Waals surface area contributed by atoms with Crippen LogP contribution in [0, 0.1) is 0 Å². The number of aromatic nitrogens is 2. The summed E-state index contributed by atoms with van der Waals surface area (Å²) in [5.74, 6) is 0.194. The fourth-order valence-electron chi connectivity index (χ4n) is 0.816. The summed E-state index contributed by atoms with van der Waals surface area (Å²) in [6, 6.07) is 1.22. The molecule has 6 heteroatoms. The van der Waals surface area contributed by atoms with E-state index in [1.165, 1.54) is 12.3 Å². The molecule has 1 aromatic rings. The molecular weight excluding hydrogens is 180 g/mol. The summed E-state index contributed by atoms with van der Waals surface area (Å²) in [7, 11) is -1.06. The van der Waals surface area contributed by atoms with E-state index in [1.54, 1.807) is 0 Å². The van der Waals surface area contributed by atoms with Gasteiger partial charge in [0.1, 0.15) is 0 Å². The Bertz CT molecular complexity index is 377. The molecular formula is C6H8N2O3S. The Balaban J connectivity index is 3.09. The molecule has 0 amide bonds. The van der Waals surface area contributed by atoms with Crippen molar-refractivity contribution in [1.82, 2.24) is 9.97 Å². The molecule has 1 rings (SSSR count). The van der Waals surface area contributed by atoms with Crippen molar-refractivity contribution in [1.29, 1.82) is 0 Å². The predicted octanol–water partition coefficient (Wildman–Crippen LogP) is -1.06. The van der Waals surface area contributed by atoms with Crippen molar-refractivity contribution >= 4 is 10.8 Å². The van der Waals surface area contributed by atoms with Crippen LogP contribution in [0.15, 0.2) is 15.7 Å². The predicted molar refractivity (Wildman–Crippen MR) is 45.5 cm³/mol. The summed E-state index contributed by atoms with van der Waals surface area (Å²) < 4.78 is 10.7. The highest BCUT2D eigenvalue weighted by Crippen LogP contribution is 1.90. The molecule has 0 fully saturated rings. The molecule has 1 atom stereocenters. The molecule has 1 aromatic heterocycles. The molecule has 2 N–H and O–H groups in total. The minimum atomic E-state index is -1.06. The molecule has 0 aliphatic heterocycles. The fourth-order valence-corrected chi connectivity index (χ4v) is 1.41. The van der Waals surface area contributed by atoms with Crippen LogP contribution in [-0.4, -0.2) is 20.4 Å². The average molecular weight is 188 g/mol. The van der Waals surface area contributed by atoms with Gasteiger partial charge >= 0.3 is 5.69 Å². The summed E-state index contributed by atoms with van der Waals surface area (Å²) >= 11 is 0. The lowest BCUT2D eigenvalue weighted by atomic mass is 10.5. The fraction of sp³-hybridized carbons (Fsp3) is 0.333. The molecule has 0 aromatic carbocycles. The van der Waals surface area contributed by atoms with Crippen LogP contribution in [0.25, 0.3) is 0 Å². The van der Waals surface area contributed by atoms with Gasteiger partial charge in [-0.1, -0.05) is 0 Å². The maximum absolute atomic E-state index is 10.7. The van der Waals surface area contributed by atoms with Crippen LogP contribution in [0.1, 0.15) is 5.69 Å². The molecule has 0 aliphatic carbocycles. The second kappa shape index (κ2) is 3.48. The third-order valence-electron chi connectivity index (χ3n) is 1.17. The van der Waals surface area contributed by atoms with Gasteiger partial charge in [0.05, 0.1) is 5.75 Å². The first-order chi connectivity index (χ1) is 5.58. The number of rotatable bonds is 2. The van der Waals surface area contributed by atoms with Gasteiger partial charge in [-0.15, -0.1) is 0 Å². The van der Waals surface area contributed by atoms with Crippen molar-refractivity contribution in [3.63, 3.8) is 0 Å². The Morgan fingerprint density at radius 3 is 2.58 bits per heavy atom. The number of aromatic amines is 2. The van der Waals surface area contributed by atoms with E-state index in [-0.39, 0.29) is 5.75 Å². The highest BCUT2D eigenvalue weighted by molar-refractivity contribution is 7.83. The topological polar surface area (TPSA) is 82.8 Å². The highest BCUT2D eigenvalue weighted by Gasteiger charge is 1.98. The quantitative estimate of drug-likeness (QED) is 0.620. The zero-order chi connectivity index (χ0) is 9.14. The molecule has 12 heavy (non-hydrogen) atoms. The molecule has 0 saturated carbocycles. The van der Waals surface area contributed by atoms with E-state index in [0.29, 0.717) is 5.69 Å². The molecule has 0 spiro atoms. The summed E-state index contributed by atoms with van der Waals surface area (Å²) in [4.78, 5) is 25.8. The van der Waals surface area contributed by atoms with Crippen LogP contribution in [0.4, 0.5) is 0 Å². The summed E-state index contributed by atoms with van der Waals surface area (Å²) in [6.45, 7) is 0. The minimum absolute atomic E-state index is 0.194. The molecule has 0 radical (unpaired) electrons. The van der Waals surface area contributed by atoms with E-state index in [0.717, 1.165) is 0 Å². The molecule has 66 valence electrons. The van der Waals surface area contributed by atoms with E-state index in [9.17, 15) is 13.8 Å². The van der Waals surface area contributed by atoms with Crippen LogP contribution in [0.5, 0.6) is 0 Å². The van der Waals surface area contributed by atoms with Gasteiger partial charge in [0, 0.05) is 28.8 Å². The third-order valence-corrected chi connectivity index (χ3v) is 1.89. The van der Waals surface area contributed by atoms with Gasteiger partial charge in [0.25, 0.3) is 5.56 Å². The normalized spacial score (nSPS) is 12.8. The molecule has 0 bridgehead atoms. The molecule has 5 nitrogen and oxygen atoms in total. The highest BCUT2D eigenvalue weighted by atomic mass is 32.2. The number of nitrogens with one attached hydrogen (secondary N) is 2. The van der Waals surface area contributed by atoms with Crippen molar-refractivity contribution < 1.29 is 4.21 Å². The van der Waals surface area contributed by atoms with E-state index in [4.69, 9.17) is 0 Å². The maximum atomic E-state index is 10.7. The Kier molecular flexibility index (Phi) is 2.59. The lowest BCUT2D eigenvalue weighted by molar-refractivity contribution is 0.685. The first-order valence-electron chi connectivity index (χ1n) is 3.20. The number of hydrogen-bond donors (Lipinski definition) is 2. The number of hydrogen-bond acceptors (Lipinski definition) is 3. The van der Waals surface area contributed by atoms with Gasteiger partial charge in [-0.05, 0) is 0 Å². The van der Waals surface area contributed by atoms with E-state index in [1.807, 2.05) is 4.98 Å². The largest absolute Gasteiger partial charge is 0.325 e. The van der Waals surface area contributed by atoms with Crippen LogP contribution in [0.2, 0.25) is 0 Å². The smallest absolute Gasteiger partial charge is 0.310 e. The maximum Gasteiger partial charge on any atom is 0.325 e. The van der Waals surface area contributed by atoms with Crippen molar-refractivity contribution in [3.05, 3.63) is 32.6 Å². The van der Waals surface area contributed by atoms with Crippen molar-refractivity contribution in [2.45, 2.75) is 5.75 Å². The molecule has 0 saturated heterocycles. The van der Waals surface area contributed by atoms with Gasteiger partial charge in [0.15, 0.2) is 0 Å². The first kappa shape index (κ1) is 8.92. The Morgan fingerprint density at radius 2 is 2.08 bits per heavy atom. The lowest BCUT2D eigenvalue weighted by Gasteiger charge is -1.94. The van der Waals surface area contributed by atoms with Gasteiger partial charge in [0.2, 0.25) is 0 Å². The Hall–Kier alpha value is -1.17. The second-order valence-corrected chi connectivity index (χ2v) is 3.77. The van der Waals surface area contributed by atoms with Crippen LogP contribution in [-0.2, 0) is 16.6 Å². The SMILES string of the molecule is C[S@@](=O)Cc1cc(=O)[nH]c(=O)[nH]1. The lowest BCUT2D eigenvalue weighted by Crippen LogP contribution is -2.23. The molecule has 0 unspecified atom stereocenters. The first-order valence-corrected chi connectivity index (χ1v) is 4.93. The van der Waals surface area contributed by atoms with Crippen LogP contribution in [0.3, 0.4) is 0 Å². The zero-order valence-electron chi connectivity index (χ0n) is 6.42. The minimum Gasteiger partial charge on any atom is -0.310 e. The van der Waals surface area contributed by atoms with Gasteiger partial charge < -0.3 is 4.98 Å². The van der Waals surface area contributed by atoms with E-state index >= 15 is 0 Å². The van der Waals surface area contributed by atoms with E-state index in [2.05, 4.69) is 4.98 Å². The van der Waals surface area contributed by atoms with Crippen molar-refractivity contribution in [2.24, 2.45) is 0 Å². The van der Waals surface area contributed by atoms with Gasteiger partial charge in [-0.25, -0.2) is 4.79 Å². The average Bonchev–Trinajstić information content (AvgIpc) is 1.81. The molecule has 1 heterocycles. The monoisotopic (exact) mass is 188 g/mol. The molecule has 0 aliphatic rings. The van der Waals surface area contributed by atoms with Crippen LogP contribution >= 0.6 is 0 Å². The summed E-state index contributed by atoms with van der Waals surface area (Å²) in [6.07, 6.45) is 1.50. The van der Waals surface area contributed by atoms with Crippen molar-refractivity contribution in [3.8, 4) is 0 Å². The Morgan fingerprint density at radius 1 is 1.42 bits per heavy atom. The van der Waals surface area contributed by atoms with Gasteiger partial charge in [-0.2, -0.15) is 0 Å². The second-order valence-electron chi connectivity index (χ2n) is 2.33.